The first-order valence-corrected chi connectivity index (χ1v) is 10.1. The lowest BCUT2D eigenvalue weighted by atomic mass is 9.94. The number of anilines is 1. The molecule has 140 valence electrons. The van der Waals surface area contributed by atoms with Gasteiger partial charge in [0.15, 0.2) is 5.65 Å². The topological polar surface area (TPSA) is 33.4 Å². The van der Waals surface area contributed by atoms with Crippen LogP contribution in [0.5, 0.6) is 0 Å². The number of halogens is 1. The van der Waals surface area contributed by atoms with Crippen LogP contribution in [0.15, 0.2) is 30.3 Å². The van der Waals surface area contributed by atoms with Gasteiger partial charge in [-0.3, -0.25) is 0 Å². The van der Waals surface area contributed by atoms with E-state index >= 15 is 0 Å². The maximum atomic E-state index is 13.3. The molecule has 0 bridgehead atoms. The fraction of sp³-hybridized carbons (Fsp3) is 0.455. The summed E-state index contributed by atoms with van der Waals surface area (Å²) in [5.74, 6) is 1.72. The van der Waals surface area contributed by atoms with E-state index in [2.05, 4.69) is 11.8 Å². The molecular formula is C22H25FN4. The summed E-state index contributed by atoms with van der Waals surface area (Å²) in [5.41, 5.74) is 5.32. The van der Waals surface area contributed by atoms with Gasteiger partial charge in [0.25, 0.3) is 0 Å². The van der Waals surface area contributed by atoms with E-state index in [-0.39, 0.29) is 5.82 Å². The van der Waals surface area contributed by atoms with Crippen molar-refractivity contribution in [3.8, 4) is 11.3 Å². The molecule has 2 aromatic heterocycles. The van der Waals surface area contributed by atoms with Crippen LogP contribution >= 0.6 is 0 Å². The zero-order chi connectivity index (χ0) is 18.4. The van der Waals surface area contributed by atoms with Crippen LogP contribution < -0.4 is 4.90 Å². The van der Waals surface area contributed by atoms with Gasteiger partial charge < -0.3 is 4.90 Å². The van der Waals surface area contributed by atoms with Crippen molar-refractivity contribution >= 4 is 11.5 Å². The summed E-state index contributed by atoms with van der Waals surface area (Å²) in [5, 5.41) is 4.91. The number of nitrogens with zero attached hydrogens (tertiary/aromatic N) is 4. The van der Waals surface area contributed by atoms with Crippen LogP contribution in [0.4, 0.5) is 10.2 Å². The summed E-state index contributed by atoms with van der Waals surface area (Å²) < 4.78 is 15.4. The predicted octanol–water partition coefficient (Wildman–Crippen LogP) is 4.65. The third-order valence-electron chi connectivity index (χ3n) is 5.95. The lowest BCUT2D eigenvalue weighted by Gasteiger charge is -2.35. The number of fused-ring (bicyclic) bond motifs is 2. The van der Waals surface area contributed by atoms with E-state index in [1.807, 2.05) is 10.6 Å². The molecule has 3 heterocycles. The molecule has 1 fully saturated rings. The van der Waals surface area contributed by atoms with E-state index in [0.717, 1.165) is 42.8 Å². The Hall–Kier alpha value is -2.43. The van der Waals surface area contributed by atoms with Crippen molar-refractivity contribution in [1.29, 1.82) is 0 Å². The van der Waals surface area contributed by atoms with Crippen LogP contribution in [0.25, 0.3) is 16.9 Å². The lowest BCUT2D eigenvalue weighted by molar-refractivity contribution is 0.440. The minimum atomic E-state index is -0.223. The van der Waals surface area contributed by atoms with Gasteiger partial charge in [0.2, 0.25) is 0 Å². The monoisotopic (exact) mass is 364 g/mol. The maximum absolute atomic E-state index is 13.3. The molecule has 4 nitrogen and oxygen atoms in total. The summed E-state index contributed by atoms with van der Waals surface area (Å²) in [4.78, 5) is 7.48. The molecule has 1 aromatic carbocycles. The van der Waals surface area contributed by atoms with Crippen LogP contribution in [-0.2, 0) is 12.8 Å². The number of piperidine rings is 1. The Morgan fingerprint density at radius 1 is 1.07 bits per heavy atom. The van der Waals surface area contributed by atoms with Crippen molar-refractivity contribution < 1.29 is 4.39 Å². The van der Waals surface area contributed by atoms with Gasteiger partial charge in [0, 0.05) is 36.0 Å². The minimum Gasteiger partial charge on any atom is -0.356 e. The first-order chi connectivity index (χ1) is 13.2. The van der Waals surface area contributed by atoms with Gasteiger partial charge in [-0.2, -0.15) is 9.61 Å². The van der Waals surface area contributed by atoms with Crippen LogP contribution in [0.2, 0.25) is 0 Å². The first kappa shape index (κ1) is 16.7. The van der Waals surface area contributed by atoms with Gasteiger partial charge >= 0.3 is 0 Å². The highest BCUT2D eigenvalue weighted by Gasteiger charge is 2.26. The second-order valence-corrected chi connectivity index (χ2v) is 8.07. The summed E-state index contributed by atoms with van der Waals surface area (Å²) in [7, 11) is 0. The summed E-state index contributed by atoms with van der Waals surface area (Å²) in [6, 6.07) is 8.61. The molecule has 0 amide bonds. The zero-order valence-electron chi connectivity index (χ0n) is 15.8. The summed E-state index contributed by atoms with van der Waals surface area (Å²) >= 11 is 0. The highest BCUT2D eigenvalue weighted by atomic mass is 19.1. The van der Waals surface area contributed by atoms with Gasteiger partial charge in [-0.1, -0.05) is 6.92 Å². The Morgan fingerprint density at radius 3 is 2.70 bits per heavy atom. The van der Waals surface area contributed by atoms with Crippen LogP contribution in [-0.4, -0.2) is 27.7 Å². The SMILES string of the molecule is CC1CCCN(c2c3c(nc4cc(-c5ccc(F)cc5)nn24)CCCC3)C1. The molecule has 1 saturated heterocycles. The smallest absolute Gasteiger partial charge is 0.158 e. The first-order valence-electron chi connectivity index (χ1n) is 10.1. The second-order valence-electron chi connectivity index (χ2n) is 8.07. The van der Waals surface area contributed by atoms with Crippen molar-refractivity contribution in [2.75, 3.05) is 18.0 Å². The molecule has 5 rings (SSSR count). The normalized spacial score (nSPS) is 20.1. The molecule has 2 aliphatic rings. The Labute approximate surface area is 159 Å². The molecule has 1 aliphatic carbocycles. The number of benzene rings is 1. The zero-order valence-corrected chi connectivity index (χ0v) is 15.8. The largest absolute Gasteiger partial charge is 0.356 e. The standard InChI is InChI=1S/C22H25FN4/c1-15-5-4-12-26(14-15)22-18-6-2-3-7-19(18)24-21-13-20(25-27(21)22)16-8-10-17(23)11-9-16/h8-11,13,15H,2-7,12,14H2,1H3. The predicted molar refractivity (Wildman–Crippen MR) is 106 cm³/mol. The maximum Gasteiger partial charge on any atom is 0.158 e. The highest BCUT2D eigenvalue weighted by Crippen LogP contribution is 2.34. The van der Waals surface area contributed by atoms with Gasteiger partial charge in [0.1, 0.15) is 11.6 Å². The molecule has 3 aromatic rings. The molecule has 5 heteroatoms. The minimum absolute atomic E-state index is 0.223. The number of hydrogen-bond donors (Lipinski definition) is 0. The van der Waals surface area contributed by atoms with Crippen molar-refractivity contribution in [1.82, 2.24) is 14.6 Å². The summed E-state index contributed by atoms with van der Waals surface area (Å²) in [6.07, 6.45) is 7.11. The number of rotatable bonds is 2. The third-order valence-corrected chi connectivity index (χ3v) is 5.95. The third kappa shape index (κ3) is 2.99. The molecule has 27 heavy (non-hydrogen) atoms. The number of aromatic nitrogens is 3. The van der Waals surface area contributed by atoms with Crippen LogP contribution in [0.1, 0.15) is 43.9 Å². The molecule has 1 aliphatic heterocycles. The Morgan fingerprint density at radius 2 is 1.89 bits per heavy atom. The second kappa shape index (κ2) is 6.63. The number of hydrogen-bond acceptors (Lipinski definition) is 3. The van der Waals surface area contributed by atoms with Crippen molar-refractivity contribution in [3.63, 3.8) is 0 Å². The molecule has 1 unspecified atom stereocenters. The van der Waals surface area contributed by atoms with Crippen molar-refractivity contribution in [2.24, 2.45) is 5.92 Å². The van der Waals surface area contributed by atoms with Crippen LogP contribution in [0, 0.1) is 11.7 Å². The fourth-order valence-electron chi connectivity index (χ4n) is 4.59. The van der Waals surface area contributed by atoms with E-state index in [9.17, 15) is 4.39 Å². The number of aryl methyl sites for hydroxylation is 1. The molecule has 0 spiro atoms. The van der Waals surface area contributed by atoms with E-state index in [0.29, 0.717) is 5.92 Å². The van der Waals surface area contributed by atoms with Gasteiger partial charge in [-0.25, -0.2) is 9.37 Å². The lowest BCUT2D eigenvalue weighted by Crippen LogP contribution is -2.37. The van der Waals surface area contributed by atoms with E-state index in [1.54, 1.807) is 12.1 Å². The summed E-state index contributed by atoms with van der Waals surface area (Å²) in [6.45, 7) is 4.50. The highest BCUT2D eigenvalue weighted by molar-refractivity contribution is 5.67. The average Bonchev–Trinajstić information content (AvgIpc) is 3.10. The van der Waals surface area contributed by atoms with Crippen molar-refractivity contribution in [2.45, 2.75) is 45.4 Å². The average molecular weight is 364 g/mol. The molecular weight excluding hydrogens is 339 g/mol. The molecule has 0 saturated carbocycles. The van der Waals surface area contributed by atoms with Gasteiger partial charge in [-0.15, -0.1) is 0 Å². The van der Waals surface area contributed by atoms with Gasteiger partial charge in [-0.05, 0) is 68.7 Å². The Bertz CT molecular complexity index is 976. The molecule has 0 N–H and O–H groups in total. The van der Waals surface area contributed by atoms with E-state index < -0.39 is 0 Å². The molecule has 0 radical (unpaired) electrons. The Balaban J connectivity index is 1.68. The quantitative estimate of drug-likeness (QED) is 0.664. The van der Waals surface area contributed by atoms with Crippen molar-refractivity contribution in [3.05, 3.63) is 47.4 Å². The molecule has 1 atom stereocenters. The van der Waals surface area contributed by atoms with E-state index in [1.165, 1.54) is 54.9 Å². The van der Waals surface area contributed by atoms with E-state index in [4.69, 9.17) is 10.1 Å². The fourth-order valence-corrected chi connectivity index (χ4v) is 4.59. The van der Waals surface area contributed by atoms with Gasteiger partial charge in [0.05, 0.1) is 5.69 Å². The van der Waals surface area contributed by atoms with Crippen LogP contribution in [0.3, 0.4) is 0 Å². The Kier molecular flexibility index (Phi) is 4.10.